The third kappa shape index (κ3) is 4.82. The van der Waals surface area contributed by atoms with Crippen molar-refractivity contribution < 1.29 is 14.3 Å². The van der Waals surface area contributed by atoms with Crippen molar-refractivity contribution in [3.05, 3.63) is 23.8 Å². The first kappa shape index (κ1) is 14.5. The first-order valence-electron chi connectivity index (χ1n) is 5.34. The second-order valence-corrected chi connectivity index (χ2v) is 3.18. The summed E-state index contributed by atoms with van der Waals surface area (Å²) >= 11 is 0. The van der Waals surface area contributed by atoms with Crippen LogP contribution in [-0.2, 0) is 11.2 Å². The Morgan fingerprint density at radius 3 is 2.19 bits per heavy atom. The monoisotopic (exact) mass is 224 g/mol. The van der Waals surface area contributed by atoms with Gasteiger partial charge in [0.05, 0.1) is 14.2 Å². The molecule has 1 aromatic rings. The summed E-state index contributed by atoms with van der Waals surface area (Å²) in [7, 11) is 3.31. The second-order valence-electron chi connectivity index (χ2n) is 3.18. The molecule has 0 unspecified atom stereocenters. The molecular weight excluding hydrogens is 204 g/mol. The largest absolute Gasteiger partial charge is 0.493 e. The van der Waals surface area contributed by atoms with Crippen LogP contribution >= 0.6 is 0 Å². The fraction of sp³-hybridized carbons (Fsp3) is 0.462. The number of ether oxygens (including phenoxy) is 2. The topological polar surface area (TPSA) is 35.5 Å². The SMILES string of the molecule is CC=O.CCCc1ccc(OC)c(OC)c1. The molecule has 0 bridgehead atoms. The lowest BCUT2D eigenvalue weighted by Crippen LogP contribution is -1.92. The van der Waals surface area contributed by atoms with Crippen LogP contribution in [0.1, 0.15) is 25.8 Å². The fourth-order valence-corrected chi connectivity index (χ4v) is 1.32. The van der Waals surface area contributed by atoms with E-state index in [1.807, 2.05) is 12.1 Å². The lowest BCUT2D eigenvalue weighted by atomic mass is 10.1. The smallest absolute Gasteiger partial charge is 0.160 e. The molecule has 0 radical (unpaired) electrons. The van der Waals surface area contributed by atoms with E-state index >= 15 is 0 Å². The molecule has 0 aromatic heterocycles. The van der Waals surface area contributed by atoms with Gasteiger partial charge in [0.25, 0.3) is 0 Å². The molecule has 0 spiro atoms. The van der Waals surface area contributed by atoms with E-state index in [0.29, 0.717) is 0 Å². The minimum Gasteiger partial charge on any atom is -0.493 e. The van der Waals surface area contributed by atoms with Crippen LogP contribution < -0.4 is 9.47 Å². The maximum Gasteiger partial charge on any atom is 0.160 e. The molecule has 0 fully saturated rings. The molecule has 0 saturated carbocycles. The number of benzene rings is 1. The molecule has 3 heteroatoms. The van der Waals surface area contributed by atoms with Crippen LogP contribution in [-0.4, -0.2) is 20.5 Å². The van der Waals surface area contributed by atoms with Gasteiger partial charge in [-0.2, -0.15) is 0 Å². The van der Waals surface area contributed by atoms with Crippen molar-refractivity contribution in [2.75, 3.05) is 14.2 Å². The molecule has 0 aliphatic rings. The van der Waals surface area contributed by atoms with Crippen molar-refractivity contribution in [2.45, 2.75) is 26.7 Å². The molecule has 1 rings (SSSR count). The number of carbonyl (C=O) groups is 1. The zero-order valence-corrected chi connectivity index (χ0v) is 10.4. The first-order chi connectivity index (χ1) is 7.73. The van der Waals surface area contributed by atoms with Crippen molar-refractivity contribution in [3.63, 3.8) is 0 Å². The van der Waals surface area contributed by atoms with E-state index in [1.54, 1.807) is 14.2 Å². The van der Waals surface area contributed by atoms with Gasteiger partial charge in [0, 0.05) is 0 Å². The number of hydrogen-bond donors (Lipinski definition) is 0. The Morgan fingerprint density at radius 1 is 1.19 bits per heavy atom. The average molecular weight is 224 g/mol. The average Bonchev–Trinajstić information content (AvgIpc) is 2.30. The number of methoxy groups -OCH3 is 2. The number of aldehydes is 1. The molecule has 0 aliphatic carbocycles. The number of hydrogen-bond acceptors (Lipinski definition) is 3. The Morgan fingerprint density at radius 2 is 1.75 bits per heavy atom. The first-order valence-corrected chi connectivity index (χ1v) is 5.34. The minimum atomic E-state index is 0.750. The Balaban J connectivity index is 0.000000673. The van der Waals surface area contributed by atoms with Crippen LogP contribution in [0.2, 0.25) is 0 Å². The van der Waals surface area contributed by atoms with E-state index in [4.69, 9.17) is 14.3 Å². The molecule has 1 aromatic carbocycles. The maximum absolute atomic E-state index is 8.81. The van der Waals surface area contributed by atoms with Gasteiger partial charge < -0.3 is 14.3 Å². The van der Waals surface area contributed by atoms with Gasteiger partial charge in [-0.25, -0.2) is 0 Å². The van der Waals surface area contributed by atoms with Crippen molar-refractivity contribution in [1.82, 2.24) is 0 Å². The second kappa shape index (κ2) is 8.77. The van der Waals surface area contributed by atoms with E-state index in [9.17, 15) is 0 Å². The van der Waals surface area contributed by atoms with Gasteiger partial charge in [-0.3, -0.25) is 0 Å². The van der Waals surface area contributed by atoms with Crippen LogP contribution in [0.25, 0.3) is 0 Å². The summed E-state index contributed by atoms with van der Waals surface area (Å²) in [5.41, 5.74) is 1.29. The van der Waals surface area contributed by atoms with Gasteiger partial charge in [0.2, 0.25) is 0 Å². The predicted molar refractivity (Wildman–Crippen MR) is 65.3 cm³/mol. The summed E-state index contributed by atoms with van der Waals surface area (Å²) in [5, 5.41) is 0. The molecule has 0 amide bonds. The van der Waals surface area contributed by atoms with Gasteiger partial charge in [-0.15, -0.1) is 0 Å². The van der Waals surface area contributed by atoms with Crippen LogP contribution in [0, 0.1) is 0 Å². The van der Waals surface area contributed by atoms with E-state index in [-0.39, 0.29) is 0 Å². The summed E-state index contributed by atoms with van der Waals surface area (Å²) < 4.78 is 10.3. The molecule has 16 heavy (non-hydrogen) atoms. The normalized spacial score (nSPS) is 8.75. The molecule has 0 heterocycles. The Hall–Kier alpha value is -1.51. The molecule has 0 N–H and O–H groups in total. The standard InChI is InChI=1S/C11H16O2.C2H4O/c1-4-5-9-6-7-10(12-2)11(8-9)13-3;1-2-3/h6-8H,4-5H2,1-3H3;2H,1H3. The third-order valence-electron chi connectivity index (χ3n) is 1.99. The Labute approximate surface area is 97.4 Å². The number of aryl methyl sites for hydroxylation is 1. The minimum absolute atomic E-state index is 0.750. The van der Waals surface area contributed by atoms with E-state index in [2.05, 4.69) is 13.0 Å². The lowest BCUT2D eigenvalue weighted by Gasteiger charge is -2.08. The zero-order valence-electron chi connectivity index (χ0n) is 10.4. The highest BCUT2D eigenvalue weighted by Gasteiger charge is 2.03. The van der Waals surface area contributed by atoms with Gasteiger partial charge in [-0.1, -0.05) is 19.4 Å². The summed E-state index contributed by atoms with van der Waals surface area (Å²) in [6, 6.07) is 6.05. The van der Waals surface area contributed by atoms with Gasteiger partial charge in [-0.05, 0) is 31.0 Å². The molecule has 0 saturated heterocycles. The fourth-order valence-electron chi connectivity index (χ4n) is 1.32. The van der Waals surface area contributed by atoms with Gasteiger partial charge >= 0.3 is 0 Å². The van der Waals surface area contributed by atoms with Crippen molar-refractivity contribution in [2.24, 2.45) is 0 Å². The maximum atomic E-state index is 8.81. The van der Waals surface area contributed by atoms with Crippen LogP contribution in [0.4, 0.5) is 0 Å². The molecule has 3 nitrogen and oxygen atoms in total. The highest BCUT2D eigenvalue weighted by Crippen LogP contribution is 2.27. The van der Waals surface area contributed by atoms with E-state index < -0.39 is 0 Å². The summed E-state index contributed by atoms with van der Waals surface area (Å²) in [6.07, 6.45) is 2.98. The zero-order chi connectivity index (χ0) is 12.4. The predicted octanol–water partition coefficient (Wildman–Crippen LogP) is 2.86. The van der Waals surface area contributed by atoms with Crippen molar-refractivity contribution in [1.29, 1.82) is 0 Å². The summed E-state index contributed by atoms with van der Waals surface area (Å²) in [6.45, 7) is 3.61. The Kier molecular flexibility index (Phi) is 7.94. The lowest BCUT2D eigenvalue weighted by molar-refractivity contribution is -0.106. The van der Waals surface area contributed by atoms with Crippen molar-refractivity contribution in [3.8, 4) is 11.5 Å². The summed E-state index contributed by atoms with van der Waals surface area (Å²) in [5.74, 6) is 1.61. The quantitative estimate of drug-likeness (QED) is 0.738. The molecule has 0 atom stereocenters. The van der Waals surface area contributed by atoms with E-state index in [1.165, 1.54) is 12.5 Å². The van der Waals surface area contributed by atoms with Crippen molar-refractivity contribution >= 4 is 6.29 Å². The highest BCUT2D eigenvalue weighted by molar-refractivity contribution is 5.44. The van der Waals surface area contributed by atoms with Gasteiger partial charge in [0.15, 0.2) is 11.5 Å². The third-order valence-corrected chi connectivity index (χ3v) is 1.99. The molecule has 0 aliphatic heterocycles. The van der Waals surface area contributed by atoms with Crippen LogP contribution in [0.3, 0.4) is 0 Å². The highest BCUT2D eigenvalue weighted by atomic mass is 16.5. The van der Waals surface area contributed by atoms with E-state index in [0.717, 1.165) is 30.6 Å². The molecule has 90 valence electrons. The van der Waals surface area contributed by atoms with Gasteiger partial charge in [0.1, 0.15) is 6.29 Å². The molecular formula is C13H20O3. The van der Waals surface area contributed by atoms with Crippen LogP contribution in [0.15, 0.2) is 18.2 Å². The summed E-state index contributed by atoms with van der Waals surface area (Å²) in [4.78, 5) is 8.81. The van der Waals surface area contributed by atoms with Crippen LogP contribution in [0.5, 0.6) is 11.5 Å². The number of carbonyl (C=O) groups excluding carboxylic acids is 1. The number of rotatable bonds is 4. The Bertz CT molecular complexity index is 308.